The zero-order chi connectivity index (χ0) is 50.9. The van der Waals surface area contributed by atoms with E-state index in [4.69, 9.17) is 0 Å². The highest BCUT2D eigenvalue weighted by atomic mass is 15.2. The van der Waals surface area contributed by atoms with Crippen LogP contribution in [0.1, 0.15) is 39.8 Å². The lowest BCUT2D eigenvalue weighted by Crippen LogP contribution is -2.34. The van der Waals surface area contributed by atoms with E-state index in [0.29, 0.717) is 0 Å². The minimum atomic E-state index is -0.575. The summed E-state index contributed by atoms with van der Waals surface area (Å²) < 4.78 is 2.54. The fraction of sp³-hybridized carbons (Fsp3) is 0.0400. The molecular formula is C75H52N2. The Bertz CT molecular complexity index is 4210. The molecule has 0 N–H and O–H groups in total. The third-order valence-corrected chi connectivity index (χ3v) is 16.8. The first-order valence-electron chi connectivity index (χ1n) is 26.9. The Morgan fingerprint density at radius 3 is 1.27 bits per heavy atom. The number of nitrogens with zero attached hydrogens (tertiary/aromatic N) is 2. The van der Waals surface area contributed by atoms with Crippen molar-refractivity contribution in [3.05, 3.63) is 331 Å². The van der Waals surface area contributed by atoms with E-state index < -0.39 is 5.41 Å². The molecular weight excluding hydrogens is 929 g/mol. The Labute approximate surface area is 450 Å². The van der Waals surface area contributed by atoms with Gasteiger partial charge in [-0.15, -0.1) is 0 Å². The number of anilines is 2. The highest BCUT2D eigenvalue weighted by Crippen LogP contribution is 2.69. The minimum absolute atomic E-state index is 0.0503. The predicted octanol–water partition coefficient (Wildman–Crippen LogP) is 19.4. The summed E-state index contributed by atoms with van der Waals surface area (Å²) >= 11 is 0. The second kappa shape index (κ2) is 18.3. The number of aromatic nitrogens is 1. The van der Waals surface area contributed by atoms with E-state index in [9.17, 15) is 0 Å². The van der Waals surface area contributed by atoms with Gasteiger partial charge in [-0.1, -0.05) is 255 Å². The van der Waals surface area contributed by atoms with Crippen molar-refractivity contribution in [1.29, 1.82) is 0 Å². The van der Waals surface area contributed by atoms with Crippen LogP contribution >= 0.6 is 0 Å². The summed E-state index contributed by atoms with van der Waals surface area (Å²) in [5.41, 5.74) is 24.0. The molecule has 2 heteroatoms. The number of benzene rings is 12. The van der Waals surface area contributed by atoms with Crippen LogP contribution in [0.4, 0.5) is 11.4 Å². The van der Waals surface area contributed by atoms with Crippen molar-refractivity contribution in [1.82, 2.24) is 4.57 Å². The summed E-state index contributed by atoms with van der Waals surface area (Å²) in [6.45, 7) is 0. The molecule has 2 nitrogen and oxygen atoms in total. The molecule has 12 aromatic carbocycles. The number of para-hydroxylation sites is 3. The zero-order valence-corrected chi connectivity index (χ0v) is 42.4. The van der Waals surface area contributed by atoms with Crippen LogP contribution in [-0.4, -0.2) is 4.57 Å². The molecule has 0 bridgehead atoms. The van der Waals surface area contributed by atoms with E-state index in [1.807, 2.05) is 0 Å². The van der Waals surface area contributed by atoms with Crippen LogP contribution in [0.3, 0.4) is 0 Å². The molecule has 2 aliphatic rings. The van der Waals surface area contributed by atoms with Crippen molar-refractivity contribution in [3.63, 3.8) is 0 Å². The Morgan fingerprint density at radius 1 is 0.286 bits per heavy atom. The number of hydrogen-bond donors (Lipinski definition) is 0. The highest BCUT2D eigenvalue weighted by Gasteiger charge is 2.60. The van der Waals surface area contributed by atoms with Crippen molar-refractivity contribution in [2.75, 3.05) is 4.90 Å². The fourth-order valence-electron chi connectivity index (χ4n) is 13.7. The quantitative estimate of drug-likeness (QED) is 0.140. The van der Waals surface area contributed by atoms with Crippen LogP contribution in [0.2, 0.25) is 0 Å². The second-order valence-electron chi connectivity index (χ2n) is 20.6. The summed E-state index contributed by atoms with van der Waals surface area (Å²) in [4.78, 5) is 2.62. The molecule has 0 spiro atoms. The Hall–Kier alpha value is -9.76. The fourth-order valence-corrected chi connectivity index (χ4v) is 13.7. The van der Waals surface area contributed by atoms with Crippen molar-refractivity contribution in [3.8, 4) is 61.3 Å². The average molecular weight is 981 g/mol. The molecule has 3 atom stereocenters. The van der Waals surface area contributed by atoms with E-state index in [1.165, 1.54) is 106 Å². The summed E-state index contributed by atoms with van der Waals surface area (Å²) in [6, 6.07) is 113. The molecule has 0 saturated carbocycles. The maximum atomic E-state index is 2.62. The standard InChI is InChI=1S/C75H52N2/c1-5-25-51(26-6-1)57-33-13-15-35-59(57)53-45-47-71-65(49-53)66-50-54(60-36-16-14-34-58(60)52-27-7-2-8-28-52)46-48-72(66)77(71)69-43-23-19-38-62(69)61-37-17-21-41-67(61)75(55-29-9-3-10-30-55)68-42-22-18-39-63(68)74-73(75)64-40-20-24-44-70(64)76(74)56-31-11-4-12-32-56/h1-50,73-74H. The first-order chi connectivity index (χ1) is 38.3. The molecule has 77 heavy (non-hydrogen) atoms. The first-order valence-corrected chi connectivity index (χ1v) is 26.9. The SMILES string of the molecule is c1ccc(-c2ccccc2-c2ccc3c(c2)c2cc(-c4ccccc4-c4ccccc4)ccc2n3-c2ccccc2-c2ccccc2C2(c3ccccc3)c3ccccc3C3C2c2ccccc2N3c2ccccc2)cc1. The van der Waals surface area contributed by atoms with Gasteiger partial charge in [-0.3, -0.25) is 0 Å². The third-order valence-electron chi connectivity index (χ3n) is 16.8. The molecule has 1 aliphatic carbocycles. The molecule has 362 valence electrons. The van der Waals surface area contributed by atoms with Gasteiger partial charge in [0.15, 0.2) is 0 Å². The van der Waals surface area contributed by atoms with Gasteiger partial charge in [-0.2, -0.15) is 0 Å². The molecule has 0 amide bonds. The molecule has 15 rings (SSSR count). The van der Waals surface area contributed by atoms with Gasteiger partial charge in [0, 0.05) is 33.6 Å². The topological polar surface area (TPSA) is 8.17 Å². The second-order valence-corrected chi connectivity index (χ2v) is 20.6. The lowest BCUT2D eigenvalue weighted by molar-refractivity contribution is 0.483. The normalized spacial score (nSPS) is 16.3. The number of fused-ring (bicyclic) bond motifs is 8. The van der Waals surface area contributed by atoms with Gasteiger partial charge >= 0.3 is 0 Å². The van der Waals surface area contributed by atoms with Crippen LogP contribution in [0.25, 0.3) is 83.1 Å². The van der Waals surface area contributed by atoms with Gasteiger partial charge in [0.2, 0.25) is 0 Å². The summed E-state index contributed by atoms with van der Waals surface area (Å²) in [5.74, 6) is 0.0506. The minimum Gasteiger partial charge on any atom is -0.333 e. The van der Waals surface area contributed by atoms with E-state index >= 15 is 0 Å². The Morgan fingerprint density at radius 2 is 0.701 bits per heavy atom. The van der Waals surface area contributed by atoms with Crippen LogP contribution < -0.4 is 4.90 Å². The van der Waals surface area contributed by atoms with Crippen LogP contribution in [0.15, 0.2) is 303 Å². The lowest BCUT2D eigenvalue weighted by Gasteiger charge is -2.40. The molecule has 1 aromatic heterocycles. The molecule has 2 heterocycles. The molecule has 1 aliphatic heterocycles. The maximum Gasteiger partial charge on any atom is 0.0679 e. The molecule has 3 unspecified atom stereocenters. The average Bonchev–Trinajstić information content (AvgIpc) is 4.24. The van der Waals surface area contributed by atoms with Crippen molar-refractivity contribution in [2.45, 2.75) is 17.4 Å². The first kappa shape index (κ1) is 44.7. The van der Waals surface area contributed by atoms with E-state index in [-0.39, 0.29) is 12.0 Å². The van der Waals surface area contributed by atoms with Crippen molar-refractivity contribution < 1.29 is 0 Å². The molecule has 0 fully saturated rings. The third kappa shape index (κ3) is 6.96. The monoisotopic (exact) mass is 980 g/mol. The maximum absolute atomic E-state index is 2.62. The van der Waals surface area contributed by atoms with Gasteiger partial charge in [-0.05, 0) is 126 Å². The summed E-state index contributed by atoms with van der Waals surface area (Å²) in [6.07, 6.45) is 0. The lowest BCUT2D eigenvalue weighted by atomic mass is 9.61. The Kier molecular flexibility index (Phi) is 10.6. The molecule has 0 saturated heterocycles. The summed E-state index contributed by atoms with van der Waals surface area (Å²) in [7, 11) is 0. The van der Waals surface area contributed by atoms with Gasteiger partial charge < -0.3 is 9.47 Å². The van der Waals surface area contributed by atoms with Crippen LogP contribution in [-0.2, 0) is 5.41 Å². The smallest absolute Gasteiger partial charge is 0.0679 e. The largest absolute Gasteiger partial charge is 0.333 e. The van der Waals surface area contributed by atoms with Crippen molar-refractivity contribution >= 4 is 33.2 Å². The summed E-state index contributed by atoms with van der Waals surface area (Å²) in [5, 5.41) is 2.42. The van der Waals surface area contributed by atoms with Crippen LogP contribution in [0, 0.1) is 0 Å². The van der Waals surface area contributed by atoms with Gasteiger partial charge in [0.1, 0.15) is 0 Å². The van der Waals surface area contributed by atoms with E-state index in [0.717, 1.165) is 16.7 Å². The zero-order valence-electron chi connectivity index (χ0n) is 42.4. The highest BCUT2D eigenvalue weighted by molar-refractivity contribution is 6.13. The van der Waals surface area contributed by atoms with Crippen LogP contribution in [0.5, 0.6) is 0 Å². The van der Waals surface area contributed by atoms with E-state index in [1.54, 1.807) is 0 Å². The van der Waals surface area contributed by atoms with Crippen molar-refractivity contribution in [2.24, 2.45) is 0 Å². The van der Waals surface area contributed by atoms with Gasteiger partial charge in [-0.25, -0.2) is 0 Å². The number of rotatable bonds is 9. The Balaban J connectivity index is 0.986. The number of hydrogen-bond acceptors (Lipinski definition) is 1. The predicted molar refractivity (Wildman–Crippen MR) is 321 cm³/mol. The van der Waals surface area contributed by atoms with Gasteiger partial charge in [0.25, 0.3) is 0 Å². The van der Waals surface area contributed by atoms with Gasteiger partial charge in [0.05, 0.1) is 28.2 Å². The molecule has 0 radical (unpaired) electrons. The van der Waals surface area contributed by atoms with E-state index in [2.05, 4.69) is 313 Å². The molecule has 13 aromatic rings.